The van der Waals surface area contributed by atoms with Crippen molar-refractivity contribution in [2.45, 2.75) is 0 Å². The fourth-order valence-corrected chi connectivity index (χ4v) is 3.49. The van der Waals surface area contributed by atoms with Crippen molar-refractivity contribution in [1.29, 1.82) is 0 Å². The zero-order chi connectivity index (χ0) is 14.5. The minimum absolute atomic E-state index is 0.338. The maximum atomic E-state index is 2.34. The first-order valence-corrected chi connectivity index (χ1v) is 7.66. The summed E-state index contributed by atoms with van der Waals surface area (Å²) in [6.07, 6.45) is 8.58. The van der Waals surface area contributed by atoms with Gasteiger partial charge in [0.2, 0.25) is 0 Å². The van der Waals surface area contributed by atoms with Gasteiger partial charge in [-0.3, -0.25) is 0 Å². The molecular weight excluding hydrogens is 265 g/mol. The van der Waals surface area contributed by atoms with Crippen LogP contribution in [0.25, 0.3) is 33.7 Å². The lowest BCUT2D eigenvalue weighted by atomic mass is 9.58. The Morgan fingerprint density at radius 3 is 2.68 bits per heavy atom. The molecule has 0 unspecified atom stereocenters. The van der Waals surface area contributed by atoms with Gasteiger partial charge in [-0.2, -0.15) is 0 Å². The van der Waals surface area contributed by atoms with E-state index in [1.165, 1.54) is 32.0 Å². The second-order valence-corrected chi connectivity index (χ2v) is 5.95. The predicted octanol–water partition coefficient (Wildman–Crippen LogP) is 2.98. The van der Waals surface area contributed by atoms with Gasteiger partial charge >= 0.3 is 6.85 Å². The van der Waals surface area contributed by atoms with Gasteiger partial charge in [0.15, 0.2) is 0 Å². The van der Waals surface area contributed by atoms with Gasteiger partial charge in [-0.1, -0.05) is 54.4 Å². The molecule has 3 aromatic rings. The van der Waals surface area contributed by atoms with Gasteiger partial charge in [0.05, 0.1) is 0 Å². The second-order valence-electron chi connectivity index (χ2n) is 5.95. The van der Waals surface area contributed by atoms with E-state index < -0.39 is 0 Å². The summed E-state index contributed by atoms with van der Waals surface area (Å²) in [6, 6.07) is 17.7. The summed E-state index contributed by atoms with van der Waals surface area (Å²) in [6.45, 7) is 0.338. The summed E-state index contributed by atoms with van der Waals surface area (Å²) in [4.78, 5) is 2.26. The van der Waals surface area contributed by atoms with Gasteiger partial charge in [-0.25, -0.2) is 0 Å². The molecule has 0 aliphatic carbocycles. The molecule has 1 nitrogen and oxygen atoms in total. The third-order valence-corrected chi connectivity index (χ3v) is 4.61. The Kier molecular flexibility index (Phi) is 2.36. The van der Waals surface area contributed by atoms with Crippen molar-refractivity contribution in [3.05, 3.63) is 83.3 Å². The van der Waals surface area contributed by atoms with Crippen LogP contribution in [0, 0.1) is 0 Å². The Morgan fingerprint density at radius 1 is 0.773 bits per heavy atom. The van der Waals surface area contributed by atoms with E-state index in [4.69, 9.17) is 0 Å². The minimum Gasteiger partial charge on any atom is -0.389 e. The van der Waals surface area contributed by atoms with E-state index >= 15 is 0 Å². The third-order valence-electron chi connectivity index (χ3n) is 4.61. The Balaban J connectivity index is 1.89. The molecule has 0 amide bonds. The molecule has 0 bridgehead atoms. The molecule has 102 valence electrons. The van der Waals surface area contributed by atoms with Crippen molar-refractivity contribution in [3.8, 4) is 0 Å². The Labute approximate surface area is 129 Å². The summed E-state index contributed by atoms with van der Waals surface area (Å²) in [5.74, 6) is 4.57. The molecule has 2 heterocycles. The van der Waals surface area contributed by atoms with E-state index in [2.05, 4.69) is 89.8 Å². The number of allylic oxidation sites excluding steroid dienone is 2. The van der Waals surface area contributed by atoms with Crippen LogP contribution in [0.2, 0.25) is 0 Å². The predicted molar refractivity (Wildman–Crippen MR) is 95.5 cm³/mol. The van der Waals surface area contributed by atoms with Crippen molar-refractivity contribution in [1.82, 2.24) is 4.81 Å². The number of nitrogens with zero attached hydrogens (tertiary/aromatic N) is 1. The quantitative estimate of drug-likeness (QED) is 0.451. The van der Waals surface area contributed by atoms with Crippen molar-refractivity contribution in [2.24, 2.45) is 0 Å². The molecule has 22 heavy (non-hydrogen) atoms. The standard InChI is InChI=1S/C20H14BN/c1-2-6-19-15(5-1)7-8-16-11-18-14-22-10-4-3-9-21(22)13-17(18)12-20(16)19/h1-14H. The average Bonchev–Trinajstić information content (AvgIpc) is 2.58. The lowest BCUT2D eigenvalue weighted by Gasteiger charge is -2.24. The van der Waals surface area contributed by atoms with E-state index in [1.807, 2.05) is 0 Å². The summed E-state index contributed by atoms with van der Waals surface area (Å²) in [5.41, 5.74) is 0. The lowest BCUT2D eigenvalue weighted by Crippen LogP contribution is -2.41. The molecule has 5 rings (SSSR count). The summed E-state index contributed by atoms with van der Waals surface area (Å²) >= 11 is 0. The highest BCUT2D eigenvalue weighted by molar-refractivity contribution is 6.76. The molecule has 0 radical (unpaired) electrons. The monoisotopic (exact) mass is 279 g/mol. The highest BCUT2D eigenvalue weighted by Gasteiger charge is 2.18. The van der Waals surface area contributed by atoms with Crippen molar-refractivity contribution >= 4 is 40.6 Å². The highest BCUT2D eigenvalue weighted by Crippen LogP contribution is 2.23. The zero-order valence-corrected chi connectivity index (χ0v) is 12.1. The topological polar surface area (TPSA) is 3.24 Å². The first kappa shape index (κ1) is 11.9. The molecule has 2 aliphatic heterocycles. The summed E-state index contributed by atoms with van der Waals surface area (Å²) < 4.78 is 0. The van der Waals surface area contributed by atoms with Crippen molar-refractivity contribution in [2.75, 3.05) is 0 Å². The van der Waals surface area contributed by atoms with Gasteiger partial charge in [0.25, 0.3) is 0 Å². The fourth-order valence-electron chi connectivity index (χ4n) is 3.49. The van der Waals surface area contributed by atoms with Crippen LogP contribution in [0.5, 0.6) is 0 Å². The minimum atomic E-state index is 0.338. The average molecular weight is 279 g/mol. The highest BCUT2D eigenvalue weighted by atomic mass is 15.0. The molecular formula is C20H14BN. The van der Waals surface area contributed by atoms with E-state index in [0.29, 0.717) is 6.85 Å². The van der Waals surface area contributed by atoms with Crippen LogP contribution in [0.1, 0.15) is 0 Å². The Hall–Kier alpha value is -2.74. The van der Waals surface area contributed by atoms with Crippen LogP contribution in [-0.2, 0) is 0 Å². The molecule has 2 aliphatic rings. The van der Waals surface area contributed by atoms with Crippen LogP contribution in [0.3, 0.4) is 0 Å². The maximum Gasteiger partial charge on any atom is 0.312 e. The van der Waals surface area contributed by atoms with E-state index in [9.17, 15) is 0 Å². The SMILES string of the molecule is C1=CB2C=c3cc4c(ccc5ccccc54)cc3=CN2C=C1. The van der Waals surface area contributed by atoms with Crippen LogP contribution in [0.4, 0.5) is 0 Å². The Bertz CT molecular complexity index is 1090. The number of benzene rings is 3. The first-order chi connectivity index (χ1) is 10.9. The Morgan fingerprint density at radius 2 is 1.68 bits per heavy atom. The number of hydrogen-bond acceptors (Lipinski definition) is 1. The molecule has 0 fully saturated rings. The second kappa shape index (κ2) is 4.38. The van der Waals surface area contributed by atoms with Gasteiger partial charge in [-0.05, 0) is 62.6 Å². The molecule has 0 spiro atoms. The molecule has 0 saturated carbocycles. The molecule has 0 saturated heterocycles. The first-order valence-electron chi connectivity index (χ1n) is 7.66. The van der Waals surface area contributed by atoms with Gasteiger partial charge in [0, 0.05) is 0 Å². The molecule has 0 aromatic heterocycles. The van der Waals surface area contributed by atoms with Crippen LogP contribution in [-0.4, -0.2) is 11.7 Å². The normalized spacial score (nSPS) is 15.5. The lowest BCUT2D eigenvalue weighted by molar-refractivity contribution is 0.857. The summed E-state index contributed by atoms with van der Waals surface area (Å²) in [7, 11) is 0. The van der Waals surface area contributed by atoms with E-state index in [1.54, 1.807) is 0 Å². The molecule has 2 heteroatoms. The van der Waals surface area contributed by atoms with Crippen LogP contribution in [0.15, 0.2) is 72.9 Å². The largest absolute Gasteiger partial charge is 0.389 e. The van der Waals surface area contributed by atoms with Crippen molar-refractivity contribution < 1.29 is 0 Å². The molecule has 3 aromatic carbocycles. The third kappa shape index (κ3) is 1.67. The van der Waals surface area contributed by atoms with E-state index in [-0.39, 0.29) is 0 Å². The smallest absolute Gasteiger partial charge is 0.312 e. The van der Waals surface area contributed by atoms with Gasteiger partial charge in [-0.15, -0.1) is 0 Å². The van der Waals surface area contributed by atoms with Crippen LogP contribution < -0.4 is 10.4 Å². The molecule has 0 atom stereocenters. The zero-order valence-electron chi connectivity index (χ0n) is 12.1. The van der Waals surface area contributed by atoms with Crippen LogP contribution >= 0.6 is 0 Å². The number of hydrogen-bond donors (Lipinski definition) is 0. The van der Waals surface area contributed by atoms with Gasteiger partial charge < -0.3 is 4.81 Å². The maximum absolute atomic E-state index is 2.34. The van der Waals surface area contributed by atoms with Gasteiger partial charge in [0.1, 0.15) is 0 Å². The van der Waals surface area contributed by atoms with E-state index in [0.717, 1.165) is 0 Å². The van der Waals surface area contributed by atoms with Crippen molar-refractivity contribution in [3.63, 3.8) is 0 Å². The number of rotatable bonds is 0. The number of fused-ring (bicyclic) bond motifs is 5. The summed E-state index contributed by atoms with van der Waals surface area (Å²) in [5, 5.41) is 7.89. The molecule has 0 N–H and O–H groups in total. The fraction of sp³-hybridized carbons (Fsp3) is 0.